The Hall–Kier alpha value is -0.160. The van der Waals surface area contributed by atoms with Crippen LogP contribution in [0.3, 0.4) is 0 Å². The van der Waals surface area contributed by atoms with Crippen molar-refractivity contribution >= 4 is 11.8 Å². The Balaban J connectivity index is 2.50. The van der Waals surface area contributed by atoms with Crippen LogP contribution in [0, 0.1) is 17.2 Å². The van der Waals surface area contributed by atoms with E-state index in [2.05, 4.69) is 13.0 Å². The Morgan fingerprint density at radius 3 is 2.67 bits per heavy atom. The van der Waals surface area contributed by atoms with E-state index in [-0.39, 0.29) is 4.75 Å². The minimum atomic E-state index is 0.0226. The van der Waals surface area contributed by atoms with Crippen LogP contribution in [0.5, 0.6) is 0 Å². The summed E-state index contributed by atoms with van der Waals surface area (Å²) in [7, 11) is 0. The summed E-state index contributed by atoms with van der Waals surface area (Å²) >= 11 is 1.71. The van der Waals surface area contributed by atoms with Gasteiger partial charge in [0.2, 0.25) is 0 Å². The molecule has 2 heteroatoms. The zero-order valence-corrected chi connectivity index (χ0v) is 6.66. The van der Waals surface area contributed by atoms with E-state index >= 15 is 0 Å². The quantitative estimate of drug-likeness (QED) is 0.587. The summed E-state index contributed by atoms with van der Waals surface area (Å²) in [5, 5.41) is 8.69. The third-order valence-electron chi connectivity index (χ3n) is 2.10. The van der Waals surface area contributed by atoms with Crippen LogP contribution in [0.2, 0.25) is 0 Å². The maximum Gasteiger partial charge on any atom is 0.105 e. The molecule has 0 radical (unpaired) electrons. The Bertz CT molecular complexity index is 149. The molecule has 1 nitrogen and oxygen atoms in total. The number of hydrogen-bond acceptors (Lipinski definition) is 2. The Morgan fingerprint density at radius 1 is 1.89 bits per heavy atom. The fourth-order valence-corrected chi connectivity index (χ4v) is 2.17. The number of nitrogens with zero attached hydrogens (tertiary/aromatic N) is 1. The standard InChI is InChI=1S/C7H11NS/c1-3-6-4-7(6,5-8)9-2/h6H,3-4H2,1-2H3. The third-order valence-corrected chi connectivity index (χ3v) is 3.42. The maximum absolute atomic E-state index is 8.69. The molecule has 0 amide bonds. The van der Waals surface area contributed by atoms with Gasteiger partial charge < -0.3 is 0 Å². The van der Waals surface area contributed by atoms with Crippen molar-refractivity contribution in [3.63, 3.8) is 0 Å². The molecule has 0 saturated heterocycles. The highest BCUT2D eigenvalue weighted by atomic mass is 32.2. The van der Waals surface area contributed by atoms with Gasteiger partial charge in [0.25, 0.3) is 0 Å². The minimum Gasteiger partial charge on any atom is -0.197 e. The topological polar surface area (TPSA) is 23.8 Å². The van der Waals surface area contributed by atoms with Crippen LogP contribution in [-0.2, 0) is 0 Å². The monoisotopic (exact) mass is 141 g/mol. The maximum atomic E-state index is 8.69. The van der Waals surface area contributed by atoms with Crippen molar-refractivity contribution in [2.45, 2.75) is 24.5 Å². The Labute approximate surface area is 60.4 Å². The normalized spacial score (nSPS) is 39.9. The molecule has 50 valence electrons. The van der Waals surface area contributed by atoms with Gasteiger partial charge in [-0.2, -0.15) is 5.26 Å². The third kappa shape index (κ3) is 0.943. The van der Waals surface area contributed by atoms with Crippen LogP contribution in [0.15, 0.2) is 0 Å². The molecular formula is C7H11NS. The fraction of sp³-hybridized carbons (Fsp3) is 0.857. The van der Waals surface area contributed by atoms with E-state index < -0.39 is 0 Å². The summed E-state index contributed by atoms with van der Waals surface area (Å²) in [4.78, 5) is 0. The van der Waals surface area contributed by atoms with Gasteiger partial charge in [-0.25, -0.2) is 0 Å². The molecule has 0 aromatic heterocycles. The van der Waals surface area contributed by atoms with Crippen molar-refractivity contribution in [3.05, 3.63) is 0 Å². The molecule has 0 heterocycles. The lowest BCUT2D eigenvalue weighted by Gasteiger charge is -1.99. The summed E-state index contributed by atoms with van der Waals surface area (Å²) in [6.07, 6.45) is 4.30. The average molecular weight is 141 g/mol. The van der Waals surface area contributed by atoms with Crippen molar-refractivity contribution in [2.75, 3.05) is 6.26 Å². The van der Waals surface area contributed by atoms with E-state index in [0.29, 0.717) is 5.92 Å². The highest BCUT2D eigenvalue weighted by Crippen LogP contribution is 2.54. The van der Waals surface area contributed by atoms with E-state index in [1.165, 1.54) is 0 Å². The van der Waals surface area contributed by atoms with Gasteiger partial charge in [0.15, 0.2) is 0 Å². The molecule has 0 aromatic carbocycles. The van der Waals surface area contributed by atoms with Crippen LogP contribution in [-0.4, -0.2) is 11.0 Å². The first-order chi connectivity index (χ1) is 4.29. The van der Waals surface area contributed by atoms with E-state index in [0.717, 1.165) is 12.8 Å². The SMILES string of the molecule is CCC1CC1(C#N)SC. The summed E-state index contributed by atoms with van der Waals surface area (Å²) in [6, 6.07) is 2.37. The molecular weight excluding hydrogens is 130 g/mol. The van der Waals surface area contributed by atoms with E-state index in [1.54, 1.807) is 11.8 Å². The van der Waals surface area contributed by atoms with E-state index in [9.17, 15) is 0 Å². The van der Waals surface area contributed by atoms with Gasteiger partial charge in [0, 0.05) is 0 Å². The highest BCUT2D eigenvalue weighted by Gasteiger charge is 2.53. The number of hydrogen-bond donors (Lipinski definition) is 0. The molecule has 0 aromatic rings. The second-order valence-corrected chi connectivity index (χ2v) is 3.65. The molecule has 0 N–H and O–H groups in total. The van der Waals surface area contributed by atoms with Gasteiger partial charge in [-0.1, -0.05) is 13.3 Å². The molecule has 0 bridgehead atoms. The van der Waals surface area contributed by atoms with Gasteiger partial charge in [-0.05, 0) is 18.6 Å². The molecule has 2 atom stereocenters. The van der Waals surface area contributed by atoms with Crippen LogP contribution in [0.4, 0.5) is 0 Å². The lowest BCUT2D eigenvalue weighted by molar-refractivity contribution is 0.777. The highest BCUT2D eigenvalue weighted by molar-refractivity contribution is 8.00. The van der Waals surface area contributed by atoms with Gasteiger partial charge in [-0.3, -0.25) is 0 Å². The van der Waals surface area contributed by atoms with Crippen molar-refractivity contribution < 1.29 is 0 Å². The molecule has 0 spiro atoms. The average Bonchev–Trinajstić information content (AvgIpc) is 2.63. The van der Waals surface area contributed by atoms with Crippen LogP contribution in [0.25, 0.3) is 0 Å². The lowest BCUT2D eigenvalue weighted by Crippen LogP contribution is -2.00. The molecule has 0 aliphatic heterocycles. The van der Waals surface area contributed by atoms with Gasteiger partial charge in [0.1, 0.15) is 4.75 Å². The van der Waals surface area contributed by atoms with E-state index in [1.807, 2.05) is 6.26 Å². The largest absolute Gasteiger partial charge is 0.197 e. The Morgan fingerprint density at radius 2 is 2.56 bits per heavy atom. The fourth-order valence-electron chi connectivity index (χ4n) is 1.21. The first-order valence-corrected chi connectivity index (χ1v) is 4.48. The predicted molar refractivity (Wildman–Crippen MR) is 40.3 cm³/mol. The molecule has 1 aliphatic carbocycles. The van der Waals surface area contributed by atoms with Crippen LogP contribution in [0.1, 0.15) is 19.8 Å². The molecule has 1 fully saturated rings. The Kier molecular flexibility index (Phi) is 1.72. The molecule has 9 heavy (non-hydrogen) atoms. The summed E-state index contributed by atoms with van der Waals surface area (Å²) < 4.78 is 0.0226. The first kappa shape index (κ1) is 6.95. The zero-order chi connectivity index (χ0) is 6.91. The van der Waals surface area contributed by atoms with Gasteiger partial charge in [-0.15, -0.1) is 11.8 Å². The van der Waals surface area contributed by atoms with Crippen molar-refractivity contribution in [1.29, 1.82) is 5.26 Å². The smallest absolute Gasteiger partial charge is 0.105 e. The van der Waals surface area contributed by atoms with Crippen LogP contribution >= 0.6 is 11.8 Å². The molecule has 1 aliphatic rings. The molecule has 1 rings (SSSR count). The first-order valence-electron chi connectivity index (χ1n) is 3.25. The number of thioether (sulfide) groups is 1. The van der Waals surface area contributed by atoms with Gasteiger partial charge >= 0.3 is 0 Å². The minimum absolute atomic E-state index is 0.0226. The predicted octanol–water partition coefficient (Wildman–Crippen LogP) is 2.04. The van der Waals surface area contributed by atoms with Gasteiger partial charge in [0.05, 0.1) is 6.07 Å². The van der Waals surface area contributed by atoms with Crippen molar-refractivity contribution in [1.82, 2.24) is 0 Å². The summed E-state index contributed by atoms with van der Waals surface area (Å²) in [5.74, 6) is 0.678. The summed E-state index contributed by atoms with van der Waals surface area (Å²) in [6.45, 7) is 2.15. The molecule has 1 saturated carbocycles. The number of nitriles is 1. The lowest BCUT2D eigenvalue weighted by atomic mass is 10.3. The van der Waals surface area contributed by atoms with E-state index in [4.69, 9.17) is 5.26 Å². The second kappa shape index (κ2) is 2.22. The zero-order valence-electron chi connectivity index (χ0n) is 5.85. The number of rotatable bonds is 2. The van der Waals surface area contributed by atoms with Crippen molar-refractivity contribution in [3.8, 4) is 6.07 Å². The van der Waals surface area contributed by atoms with Crippen molar-refractivity contribution in [2.24, 2.45) is 5.92 Å². The summed E-state index contributed by atoms with van der Waals surface area (Å²) in [5.41, 5.74) is 0. The van der Waals surface area contributed by atoms with Crippen LogP contribution < -0.4 is 0 Å². The molecule has 2 unspecified atom stereocenters. The second-order valence-electron chi connectivity index (χ2n) is 2.51.